The molecule has 0 amide bonds. The van der Waals surface area contributed by atoms with Gasteiger partial charge in [0.05, 0.1) is 57.9 Å². The van der Waals surface area contributed by atoms with Crippen LogP contribution in [0.3, 0.4) is 0 Å². The van der Waals surface area contributed by atoms with Gasteiger partial charge in [0.25, 0.3) is 0 Å². The smallest absolute Gasteiger partial charge is 0.370 e. The van der Waals surface area contributed by atoms with E-state index >= 15 is 0 Å². The number of hydrogen-bond acceptors (Lipinski definition) is 26. The minimum absolute atomic E-state index is 0.0246. The van der Waals surface area contributed by atoms with Crippen molar-refractivity contribution in [3.8, 4) is 0 Å². The van der Waals surface area contributed by atoms with Crippen LogP contribution in [0.25, 0.3) is 0 Å². The first kappa shape index (κ1) is 99.3. The summed E-state index contributed by atoms with van der Waals surface area (Å²) in [7, 11) is -23.5. The fourth-order valence-corrected chi connectivity index (χ4v) is 13.6. The summed E-state index contributed by atoms with van der Waals surface area (Å²) in [5.41, 5.74) is -1.69. The van der Waals surface area contributed by atoms with Crippen molar-refractivity contribution in [3.05, 3.63) is 35.9 Å². The van der Waals surface area contributed by atoms with E-state index in [2.05, 4.69) is 18.9 Å². The van der Waals surface area contributed by atoms with Crippen molar-refractivity contribution >= 4 is 76.1 Å². The van der Waals surface area contributed by atoms with Crippen molar-refractivity contribution in [1.82, 2.24) is 0 Å². The number of hydrogen-bond donors (Lipinski definition) is 4. The number of carbonyl (C=O) groups is 4. The highest BCUT2D eigenvalue weighted by Gasteiger charge is 2.54. The Labute approximate surface area is 605 Å². The molecule has 0 radical (unpaired) electrons. The Bertz CT molecular complexity index is 2980. The molecule has 103 heavy (non-hydrogen) atoms. The van der Waals surface area contributed by atoms with Gasteiger partial charge in [0.15, 0.2) is 64.9 Å². The van der Waals surface area contributed by atoms with Crippen LogP contribution in [0.5, 0.6) is 0 Å². The van der Waals surface area contributed by atoms with Crippen LogP contribution < -0.4 is 0 Å². The summed E-state index contributed by atoms with van der Waals surface area (Å²) in [5, 5.41) is 18.4. The molecule has 1 aromatic rings. The molecule has 4 aliphatic heterocycles. The van der Waals surface area contributed by atoms with E-state index in [1.165, 1.54) is 24.3 Å². The molecule has 6 aliphatic rings. The lowest BCUT2D eigenvalue weighted by Gasteiger charge is -2.28. The standard InChI is InChI=1S/C11H16F2O5S.C10H14F2O6S.C10H14F2O5S2.C10H10F2O5S.4C6H14O/c1-6(11(12,13)19(15,16)17)18-10(14)9-5-7-2-3-8(9)4-7;2*1-5(10(11,12)19(14,15)16)17-9(13)7-4-6-2-3-8(7)18-6;1-7(10(11,12)18(14,15)16)17-9(13)8-5-3-2-4-6-8;4*1-4-6(3,7)5-2/h6-9H,2-5H2,1H3,(H,15,16,17);2*5-8H,2-4H2,1H3,(H,14,15,16);2-7H,1H3,(H,14,15,16);4*7H,4-5H2,1-3H3/p-4. The summed E-state index contributed by atoms with van der Waals surface area (Å²) in [4.78, 5) is 46.6. The van der Waals surface area contributed by atoms with E-state index in [4.69, 9.17) is 25.2 Å². The van der Waals surface area contributed by atoms with Gasteiger partial charge in [-0.25, -0.2) is 38.5 Å². The Morgan fingerprint density at radius 2 is 0.786 bits per heavy atom. The molecule has 4 saturated heterocycles. The predicted molar refractivity (Wildman–Crippen MR) is 359 cm³/mol. The van der Waals surface area contributed by atoms with Crippen LogP contribution in [-0.2, 0) is 78.5 Å². The molecule has 2 saturated carbocycles. The Balaban J connectivity index is 0.00000120. The maximum absolute atomic E-state index is 13.2. The fourth-order valence-electron chi connectivity index (χ4n) is 9.98. The molecule has 13 atom stereocenters. The van der Waals surface area contributed by atoms with E-state index in [0.29, 0.717) is 57.6 Å². The largest absolute Gasteiger partial charge is 0.743 e. The number of benzene rings is 1. The molecule has 6 fully saturated rings. The van der Waals surface area contributed by atoms with Gasteiger partial charge in [-0.05, 0) is 189 Å². The summed E-state index contributed by atoms with van der Waals surface area (Å²) in [5.74, 6) is -4.73. The molecule has 6 bridgehead atoms. The van der Waals surface area contributed by atoms with E-state index < -0.39 is 150 Å². The maximum atomic E-state index is 13.2. The molecular weight excluding hydrogens is 1490 g/mol. The number of fused-ring (bicyclic) bond motifs is 6. The lowest BCUT2D eigenvalue weighted by atomic mass is 9.89. The molecule has 4 N–H and O–H groups in total. The summed E-state index contributed by atoms with van der Waals surface area (Å²) in [6, 6.07) is 7.15. The van der Waals surface area contributed by atoms with E-state index in [0.717, 1.165) is 96.8 Å². The van der Waals surface area contributed by atoms with Crippen molar-refractivity contribution < 1.29 is 150 Å². The topological polar surface area (TPSA) is 424 Å². The number of halogens is 8. The number of rotatable bonds is 24. The summed E-state index contributed by atoms with van der Waals surface area (Å²) in [6.07, 6.45) is 4.80. The zero-order valence-electron chi connectivity index (χ0n) is 61.0. The zero-order chi connectivity index (χ0) is 80.9. The summed E-state index contributed by atoms with van der Waals surface area (Å²) >= 11 is 1.64. The first-order valence-corrected chi connectivity index (χ1v) is 40.5. The van der Waals surface area contributed by atoms with Gasteiger partial charge < -0.3 is 62.3 Å². The lowest BCUT2D eigenvalue weighted by molar-refractivity contribution is -0.167. The Hall–Kier alpha value is -3.67. The van der Waals surface area contributed by atoms with Crippen molar-refractivity contribution in [2.75, 3.05) is 0 Å². The van der Waals surface area contributed by atoms with Crippen LogP contribution >= 0.6 is 11.8 Å². The molecule has 7 rings (SSSR count). The van der Waals surface area contributed by atoms with Crippen LogP contribution in [0.15, 0.2) is 30.3 Å². The van der Waals surface area contributed by atoms with Crippen molar-refractivity contribution in [1.29, 1.82) is 0 Å². The molecule has 2 aliphatic carbocycles. The zero-order valence-corrected chi connectivity index (χ0v) is 65.1. The van der Waals surface area contributed by atoms with Gasteiger partial charge in [-0.2, -0.15) is 46.9 Å². The monoisotopic (exact) mass is 1600 g/mol. The highest BCUT2D eigenvalue weighted by molar-refractivity contribution is 8.01. The molecule has 38 heteroatoms. The predicted octanol–water partition coefficient (Wildman–Crippen LogP) is 11.1. The fraction of sp³-hybridized carbons (Fsp3) is 0.846. The lowest BCUT2D eigenvalue weighted by Crippen LogP contribution is -2.43. The average Bonchev–Trinajstić information content (AvgIpc) is 1.78. The second kappa shape index (κ2) is 40.7. The Morgan fingerprint density at radius 3 is 1.03 bits per heavy atom. The van der Waals surface area contributed by atoms with E-state index in [9.17, 15) is 106 Å². The Kier molecular flexibility index (Phi) is 39.2. The molecular formula is C65H106F8O25S5-4. The normalized spacial score (nSPS) is 23.6. The van der Waals surface area contributed by atoms with Gasteiger partial charge in [-0.3, -0.25) is 14.4 Å². The van der Waals surface area contributed by atoms with E-state index in [-0.39, 0.29) is 28.9 Å². The maximum Gasteiger partial charge on any atom is 0.370 e. The third-order valence-electron chi connectivity index (χ3n) is 19.4. The first-order valence-electron chi connectivity index (χ1n) is 33.9. The average molecular weight is 1600 g/mol. The number of esters is 4. The van der Waals surface area contributed by atoms with Gasteiger partial charge in [0, 0.05) is 10.5 Å². The molecule has 4 heterocycles. The second-order valence-corrected chi connectivity index (χ2v) is 34.6. The van der Waals surface area contributed by atoms with Crippen molar-refractivity contribution in [2.24, 2.45) is 29.6 Å². The van der Waals surface area contributed by atoms with E-state index in [1.807, 2.05) is 83.1 Å². The third-order valence-corrected chi connectivity index (χ3v) is 25.1. The van der Waals surface area contributed by atoms with Gasteiger partial charge in [0.2, 0.25) is 0 Å². The number of thioether (sulfide) groups is 1. The number of alkyl halides is 8. The molecule has 25 nitrogen and oxygen atoms in total. The minimum atomic E-state index is -5.89. The van der Waals surface area contributed by atoms with Crippen molar-refractivity contribution in [3.63, 3.8) is 0 Å². The van der Waals surface area contributed by atoms with Gasteiger partial charge in [-0.15, -0.1) is 0 Å². The van der Waals surface area contributed by atoms with Crippen LogP contribution in [0, 0.1) is 29.6 Å². The number of aliphatic hydroxyl groups is 4. The van der Waals surface area contributed by atoms with E-state index in [1.54, 1.807) is 17.8 Å². The van der Waals surface area contributed by atoms with Crippen molar-refractivity contribution in [2.45, 2.75) is 317 Å². The number of ether oxygens (including phenoxy) is 5. The number of carbonyl (C=O) groups excluding carboxylic acids is 4. The highest BCUT2D eigenvalue weighted by Crippen LogP contribution is 2.51. The summed E-state index contributed by atoms with van der Waals surface area (Å²) in [6.45, 7) is 26.1. The summed E-state index contributed by atoms with van der Waals surface area (Å²) < 4.78 is 253. The van der Waals surface area contributed by atoms with Crippen LogP contribution in [-0.4, -0.2) is 187 Å². The third kappa shape index (κ3) is 31.1. The SMILES string of the molecule is CC(OC(=O)C1CC2CCC1C2)C(F)(F)S(=O)(=O)[O-].CC(OC(=O)C1CC2CCC1O2)C(F)(F)S(=O)(=O)[O-].CC(OC(=O)C1CC2CCC1S2)C(F)(F)S(=O)(=O)[O-].CC(OC(=O)c1ccccc1)C(F)(F)S(=O)(=O)[O-].CCC(C)(O)CC.CCC(C)(O)CC.CCC(C)(O)CC.CCC(C)(O)CC. The highest BCUT2D eigenvalue weighted by atomic mass is 32.2. The van der Waals surface area contributed by atoms with Crippen LogP contribution in [0.2, 0.25) is 0 Å². The van der Waals surface area contributed by atoms with Crippen LogP contribution in [0.1, 0.15) is 237 Å². The molecule has 606 valence electrons. The molecule has 0 spiro atoms. The first-order chi connectivity index (χ1) is 46.5. The van der Waals surface area contributed by atoms with Gasteiger partial charge in [-0.1, -0.05) is 80.0 Å². The second-order valence-electron chi connectivity index (χ2n) is 27.2. The van der Waals surface area contributed by atoms with Gasteiger partial charge >= 0.3 is 44.9 Å². The minimum Gasteiger partial charge on any atom is -0.743 e. The Morgan fingerprint density at radius 1 is 0.456 bits per heavy atom. The molecule has 0 aromatic heterocycles. The molecule has 13 unspecified atom stereocenters. The quantitative estimate of drug-likeness (QED) is 0.0323. The molecule has 1 aromatic carbocycles. The van der Waals surface area contributed by atoms with Crippen LogP contribution in [0.4, 0.5) is 35.1 Å². The van der Waals surface area contributed by atoms with Gasteiger partial charge in [0.1, 0.15) is 0 Å².